The maximum Gasteiger partial charge on any atom is 0.0462 e. The molecule has 0 saturated carbocycles. The maximum atomic E-state index is 2.37. The Kier molecular flexibility index (Phi) is 8.56. The molecule has 11 rings (SSSR count). The van der Waals surface area contributed by atoms with E-state index in [0.29, 0.717) is 0 Å². The summed E-state index contributed by atoms with van der Waals surface area (Å²) in [6, 6.07) is 86.1. The van der Waals surface area contributed by atoms with Gasteiger partial charge < -0.3 is 4.90 Å². The molecule has 1 heteroatoms. The first-order valence-corrected chi connectivity index (χ1v) is 20.3. The summed E-state index contributed by atoms with van der Waals surface area (Å²) < 4.78 is 0. The van der Waals surface area contributed by atoms with Crippen LogP contribution in [0.15, 0.2) is 237 Å². The molecular weight excluding hydrogens is 711 g/mol. The van der Waals surface area contributed by atoms with E-state index < -0.39 is 0 Å². The fourth-order valence-corrected chi connectivity index (χ4v) is 9.00. The van der Waals surface area contributed by atoms with Gasteiger partial charge in [-0.05, 0) is 130 Å². The van der Waals surface area contributed by atoms with E-state index in [1.54, 1.807) is 0 Å². The first kappa shape index (κ1) is 34.5. The van der Waals surface area contributed by atoms with Gasteiger partial charge in [-0.15, -0.1) is 0 Å². The summed E-state index contributed by atoms with van der Waals surface area (Å²) in [6.45, 7) is 0. The molecular formula is C58H39N. The molecule has 0 N–H and O–H groups in total. The zero-order valence-electron chi connectivity index (χ0n) is 32.5. The number of rotatable bonds is 7. The normalized spacial score (nSPS) is 11.4. The van der Waals surface area contributed by atoms with Gasteiger partial charge in [-0.3, -0.25) is 0 Å². The van der Waals surface area contributed by atoms with Crippen molar-refractivity contribution >= 4 is 60.2 Å². The van der Waals surface area contributed by atoms with Crippen molar-refractivity contribution in [1.82, 2.24) is 0 Å². The smallest absolute Gasteiger partial charge is 0.0462 e. The molecule has 0 aliphatic heterocycles. The number of anilines is 3. The van der Waals surface area contributed by atoms with E-state index in [0.717, 1.165) is 17.1 Å². The largest absolute Gasteiger partial charge is 0.311 e. The predicted octanol–water partition coefficient (Wildman–Crippen LogP) is 16.4. The van der Waals surface area contributed by atoms with Gasteiger partial charge in [0.2, 0.25) is 0 Å². The third-order valence-electron chi connectivity index (χ3n) is 11.8. The first-order valence-electron chi connectivity index (χ1n) is 20.3. The lowest BCUT2D eigenvalue weighted by Crippen LogP contribution is -2.09. The standard InChI is InChI=1S/C58H39N/c1-3-13-40(14-4-1)41-25-32-48(33-26-41)59(49-34-27-42(28-35-49)46-31-38-52-47(39-46)24-23-43-15-7-8-18-51(43)52)50-36-29-45(30-37-50)58-56-22-12-10-20-54(56)53-19-9-11-21-55(53)57(58)44-16-5-2-6-17-44/h1-39H. The third kappa shape index (κ3) is 6.21. The fraction of sp³-hybridized carbons (Fsp3) is 0. The lowest BCUT2D eigenvalue weighted by Gasteiger charge is -2.26. The summed E-state index contributed by atoms with van der Waals surface area (Å²) in [5, 5.41) is 10.1. The monoisotopic (exact) mass is 749 g/mol. The van der Waals surface area contributed by atoms with Crippen molar-refractivity contribution < 1.29 is 0 Å². The van der Waals surface area contributed by atoms with Crippen LogP contribution in [0.25, 0.3) is 87.6 Å². The van der Waals surface area contributed by atoms with Gasteiger partial charge in [0.05, 0.1) is 0 Å². The molecule has 0 amide bonds. The molecule has 0 bridgehead atoms. The second-order valence-corrected chi connectivity index (χ2v) is 15.3. The molecule has 0 aromatic heterocycles. The minimum Gasteiger partial charge on any atom is -0.311 e. The highest BCUT2D eigenvalue weighted by Crippen LogP contribution is 2.46. The average molecular weight is 750 g/mol. The average Bonchev–Trinajstić information content (AvgIpc) is 3.32. The Morgan fingerprint density at radius 3 is 1.12 bits per heavy atom. The maximum absolute atomic E-state index is 2.37. The van der Waals surface area contributed by atoms with Gasteiger partial charge >= 0.3 is 0 Å². The molecule has 59 heavy (non-hydrogen) atoms. The lowest BCUT2D eigenvalue weighted by molar-refractivity contribution is 1.28. The SMILES string of the molecule is c1ccc(-c2ccc(N(c3ccc(-c4ccc5c(ccc6ccccc65)c4)cc3)c3ccc(-c4c(-c5ccccc5)c5ccccc5c5ccccc45)cc3)cc2)cc1. The van der Waals surface area contributed by atoms with Crippen molar-refractivity contribution in [3.8, 4) is 44.5 Å². The lowest BCUT2D eigenvalue weighted by atomic mass is 9.85. The molecule has 0 aliphatic carbocycles. The molecule has 0 fully saturated rings. The third-order valence-corrected chi connectivity index (χ3v) is 11.8. The van der Waals surface area contributed by atoms with E-state index in [2.05, 4.69) is 241 Å². The summed E-state index contributed by atoms with van der Waals surface area (Å²) in [5.41, 5.74) is 13.0. The molecule has 0 radical (unpaired) electrons. The summed E-state index contributed by atoms with van der Waals surface area (Å²) >= 11 is 0. The Hall–Kier alpha value is -7.74. The van der Waals surface area contributed by atoms with E-state index in [1.807, 2.05) is 0 Å². The first-order chi connectivity index (χ1) is 29.3. The van der Waals surface area contributed by atoms with Crippen molar-refractivity contribution in [3.63, 3.8) is 0 Å². The van der Waals surface area contributed by atoms with Crippen LogP contribution < -0.4 is 4.90 Å². The summed E-state index contributed by atoms with van der Waals surface area (Å²) in [4.78, 5) is 2.37. The van der Waals surface area contributed by atoms with E-state index in [4.69, 9.17) is 0 Å². The molecule has 0 spiro atoms. The van der Waals surface area contributed by atoms with Crippen molar-refractivity contribution in [1.29, 1.82) is 0 Å². The van der Waals surface area contributed by atoms with Gasteiger partial charge in [0.25, 0.3) is 0 Å². The van der Waals surface area contributed by atoms with Crippen LogP contribution in [0.5, 0.6) is 0 Å². The highest BCUT2D eigenvalue weighted by molar-refractivity contribution is 6.21. The van der Waals surface area contributed by atoms with Gasteiger partial charge in [-0.1, -0.05) is 194 Å². The Labute approximate surface area is 344 Å². The second kappa shape index (κ2) is 14.6. The number of nitrogens with zero attached hydrogens (tertiary/aromatic N) is 1. The molecule has 0 aliphatic rings. The zero-order valence-corrected chi connectivity index (χ0v) is 32.5. The van der Waals surface area contributed by atoms with Crippen molar-refractivity contribution in [2.45, 2.75) is 0 Å². The summed E-state index contributed by atoms with van der Waals surface area (Å²) in [6.07, 6.45) is 0. The Morgan fingerprint density at radius 1 is 0.203 bits per heavy atom. The van der Waals surface area contributed by atoms with Crippen LogP contribution in [0, 0.1) is 0 Å². The van der Waals surface area contributed by atoms with Gasteiger partial charge in [0, 0.05) is 17.1 Å². The zero-order chi connectivity index (χ0) is 39.1. The van der Waals surface area contributed by atoms with Crippen LogP contribution in [0.2, 0.25) is 0 Å². The van der Waals surface area contributed by atoms with Crippen molar-refractivity contribution in [2.75, 3.05) is 4.90 Å². The highest BCUT2D eigenvalue weighted by Gasteiger charge is 2.19. The summed E-state index contributed by atoms with van der Waals surface area (Å²) in [5.74, 6) is 0. The van der Waals surface area contributed by atoms with Crippen molar-refractivity contribution in [2.24, 2.45) is 0 Å². The molecule has 11 aromatic carbocycles. The molecule has 0 heterocycles. The number of fused-ring (bicyclic) bond motifs is 6. The van der Waals surface area contributed by atoms with E-state index in [1.165, 1.54) is 87.6 Å². The molecule has 276 valence electrons. The minimum absolute atomic E-state index is 1.10. The van der Waals surface area contributed by atoms with E-state index in [9.17, 15) is 0 Å². The van der Waals surface area contributed by atoms with Crippen LogP contribution in [0.4, 0.5) is 17.1 Å². The number of hydrogen-bond acceptors (Lipinski definition) is 1. The van der Waals surface area contributed by atoms with Crippen LogP contribution in [-0.4, -0.2) is 0 Å². The molecule has 11 aromatic rings. The Balaban J connectivity index is 1.02. The molecule has 0 saturated heterocycles. The van der Waals surface area contributed by atoms with E-state index >= 15 is 0 Å². The predicted molar refractivity (Wildman–Crippen MR) is 253 cm³/mol. The fourth-order valence-electron chi connectivity index (χ4n) is 9.00. The minimum atomic E-state index is 1.10. The van der Waals surface area contributed by atoms with Crippen LogP contribution >= 0.6 is 0 Å². The van der Waals surface area contributed by atoms with E-state index in [-0.39, 0.29) is 0 Å². The quantitative estimate of drug-likeness (QED) is 0.147. The highest BCUT2D eigenvalue weighted by atomic mass is 15.1. The van der Waals surface area contributed by atoms with Gasteiger partial charge in [0.1, 0.15) is 0 Å². The molecule has 1 nitrogen and oxygen atoms in total. The molecule has 0 atom stereocenters. The second-order valence-electron chi connectivity index (χ2n) is 15.3. The summed E-state index contributed by atoms with van der Waals surface area (Å²) in [7, 11) is 0. The topological polar surface area (TPSA) is 3.24 Å². The Bertz CT molecular complexity index is 3280. The van der Waals surface area contributed by atoms with Crippen LogP contribution in [0.1, 0.15) is 0 Å². The van der Waals surface area contributed by atoms with Gasteiger partial charge in [-0.2, -0.15) is 0 Å². The van der Waals surface area contributed by atoms with Crippen LogP contribution in [0.3, 0.4) is 0 Å². The van der Waals surface area contributed by atoms with Crippen molar-refractivity contribution in [3.05, 3.63) is 237 Å². The number of benzene rings is 11. The number of hydrogen-bond donors (Lipinski definition) is 0. The van der Waals surface area contributed by atoms with Gasteiger partial charge in [-0.25, -0.2) is 0 Å². The van der Waals surface area contributed by atoms with Gasteiger partial charge in [0.15, 0.2) is 0 Å². The molecule has 0 unspecified atom stereocenters. The van der Waals surface area contributed by atoms with Crippen LogP contribution in [-0.2, 0) is 0 Å². The Morgan fingerprint density at radius 2 is 0.559 bits per heavy atom.